The number of phenolic OH excluding ortho intramolecular Hbond substituents is 1. The van der Waals surface area contributed by atoms with Gasteiger partial charge >= 0.3 is 5.97 Å². The Morgan fingerprint density at radius 1 is 1.16 bits per heavy atom. The number of halogens is 4. The monoisotopic (exact) mass is 280 g/mol. The van der Waals surface area contributed by atoms with Gasteiger partial charge in [-0.25, -0.2) is 8.78 Å². The third-order valence-corrected chi connectivity index (χ3v) is 2.76. The average molecular weight is 280 g/mol. The van der Waals surface area contributed by atoms with Gasteiger partial charge in [-0.05, 0) is 0 Å². The predicted molar refractivity (Wildman–Crippen MR) is 59.2 cm³/mol. The number of carbonyl (C=O) groups is 1. The Balaban J connectivity index is 3.30. The first-order chi connectivity index (χ1) is 8.93. The first-order valence-electron chi connectivity index (χ1n) is 5.38. The Hall–Kier alpha value is -1.79. The third-order valence-electron chi connectivity index (χ3n) is 2.76. The minimum absolute atomic E-state index is 0.214. The van der Waals surface area contributed by atoms with Gasteiger partial charge in [0.1, 0.15) is 11.7 Å². The number of phenols is 1. The summed E-state index contributed by atoms with van der Waals surface area (Å²) in [6.45, 7) is -2.25. The Labute approximate surface area is 106 Å². The molecule has 0 aliphatic rings. The summed E-state index contributed by atoms with van der Waals surface area (Å²) >= 11 is 0. The van der Waals surface area contributed by atoms with E-state index in [-0.39, 0.29) is 5.56 Å². The number of aromatic hydroxyl groups is 1. The molecule has 106 valence electrons. The van der Waals surface area contributed by atoms with Gasteiger partial charge in [-0.3, -0.25) is 13.6 Å². The van der Waals surface area contributed by atoms with Crippen molar-refractivity contribution in [3.63, 3.8) is 0 Å². The van der Waals surface area contributed by atoms with Crippen molar-refractivity contribution in [2.24, 2.45) is 0 Å². The van der Waals surface area contributed by atoms with Crippen LogP contribution in [0.2, 0.25) is 0 Å². The van der Waals surface area contributed by atoms with Gasteiger partial charge < -0.3 is 10.2 Å². The van der Waals surface area contributed by atoms with E-state index in [2.05, 4.69) is 0 Å². The summed E-state index contributed by atoms with van der Waals surface area (Å²) in [5.74, 6) is -6.15. The lowest BCUT2D eigenvalue weighted by atomic mass is 9.92. The van der Waals surface area contributed by atoms with Crippen LogP contribution in [0.15, 0.2) is 18.2 Å². The Morgan fingerprint density at radius 3 is 2.11 bits per heavy atom. The van der Waals surface area contributed by atoms with Crippen molar-refractivity contribution in [3.05, 3.63) is 29.3 Å². The second kappa shape index (κ2) is 6.40. The van der Waals surface area contributed by atoms with E-state index in [1.54, 1.807) is 0 Å². The van der Waals surface area contributed by atoms with Crippen molar-refractivity contribution in [1.29, 1.82) is 0 Å². The zero-order valence-electron chi connectivity index (χ0n) is 9.69. The fourth-order valence-electron chi connectivity index (χ4n) is 1.74. The molecule has 1 rings (SSSR count). The van der Waals surface area contributed by atoms with Gasteiger partial charge in [0.2, 0.25) is 0 Å². The van der Waals surface area contributed by atoms with Crippen LogP contribution in [0.4, 0.5) is 17.6 Å². The van der Waals surface area contributed by atoms with Crippen LogP contribution in [0, 0.1) is 0 Å². The van der Waals surface area contributed by atoms with Crippen LogP contribution in [0.5, 0.6) is 5.75 Å². The second-order valence-corrected chi connectivity index (χ2v) is 3.94. The molecular weight excluding hydrogens is 268 g/mol. The number of para-hydroxylation sites is 1. The second-order valence-electron chi connectivity index (χ2n) is 3.94. The molecule has 2 N–H and O–H groups in total. The number of rotatable bonds is 6. The standard InChI is InChI=1S/C12H12F4O3/c13-4-6(5-14)7-2-1-3-8(10(7)17)9(11(15)16)12(18)19/h1-3,6,9,11,17H,4-5H2,(H,18,19). The zero-order valence-corrected chi connectivity index (χ0v) is 9.69. The summed E-state index contributed by atoms with van der Waals surface area (Å²) in [6.07, 6.45) is -3.24. The highest BCUT2D eigenvalue weighted by molar-refractivity contribution is 5.78. The topological polar surface area (TPSA) is 57.5 Å². The summed E-state index contributed by atoms with van der Waals surface area (Å²) < 4.78 is 50.5. The van der Waals surface area contributed by atoms with Crippen LogP contribution < -0.4 is 0 Å². The molecule has 0 radical (unpaired) electrons. The molecule has 7 heteroatoms. The van der Waals surface area contributed by atoms with E-state index in [1.807, 2.05) is 0 Å². The van der Waals surface area contributed by atoms with Crippen molar-refractivity contribution in [2.45, 2.75) is 18.3 Å². The number of carboxylic acid groups (broad SMARTS) is 1. The number of hydrogen-bond acceptors (Lipinski definition) is 2. The molecule has 0 spiro atoms. The molecule has 0 fully saturated rings. The van der Waals surface area contributed by atoms with Crippen molar-refractivity contribution in [3.8, 4) is 5.75 Å². The lowest BCUT2D eigenvalue weighted by Crippen LogP contribution is -2.20. The molecule has 0 heterocycles. The van der Waals surface area contributed by atoms with E-state index in [4.69, 9.17) is 5.11 Å². The molecule has 19 heavy (non-hydrogen) atoms. The molecular formula is C12H12F4O3. The summed E-state index contributed by atoms with van der Waals surface area (Å²) in [5, 5.41) is 18.5. The summed E-state index contributed by atoms with van der Waals surface area (Å²) in [7, 11) is 0. The van der Waals surface area contributed by atoms with Crippen LogP contribution in [-0.2, 0) is 4.79 Å². The van der Waals surface area contributed by atoms with Crippen molar-refractivity contribution < 1.29 is 32.6 Å². The van der Waals surface area contributed by atoms with Gasteiger partial charge in [-0.2, -0.15) is 0 Å². The molecule has 0 saturated carbocycles. The SMILES string of the molecule is O=C(O)C(c1cccc(C(CF)CF)c1O)C(F)F. The van der Waals surface area contributed by atoms with Gasteiger partial charge in [0.25, 0.3) is 6.43 Å². The number of hydrogen-bond donors (Lipinski definition) is 2. The molecule has 0 aliphatic carbocycles. The zero-order chi connectivity index (χ0) is 14.6. The van der Waals surface area contributed by atoms with Crippen LogP contribution >= 0.6 is 0 Å². The summed E-state index contributed by atoms with van der Waals surface area (Å²) in [6, 6.07) is 3.35. The smallest absolute Gasteiger partial charge is 0.316 e. The maximum absolute atomic E-state index is 12.7. The number of alkyl halides is 4. The van der Waals surface area contributed by atoms with E-state index in [0.717, 1.165) is 6.07 Å². The van der Waals surface area contributed by atoms with Crippen LogP contribution in [0.25, 0.3) is 0 Å². The van der Waals surface area contributed by atoms with Crippen LogP contribution in [-0.4, -0.2) is 36.0 Å². The first kappa shape index (κ1) is 15.3. The van der Waals surface area contributed by atoms with E-state index >= 15 is 0 Å². The molecule has 0 aliphatic heterocycles. The Kier molecular flexibility index (Phi) is 5.14. The fourth-order valence-corrected chi connectivity index (χ4v) is 1.74. The predicted octanol–water partition coefficient (Wildman–Crippen LogP) is 2.85. The molecule has 0 amide bonds. The van der Waals surface area contributed by atoms with Crippen LogP contribution in [0.3, 0.4) is 0 Å². The maximum atomic E-state index is 12.7. The Bertz CT molecular complexity index is 447. The first-order valence-corrected chi connectivity index (χ1v) is 5.38. The molecule has 1 aromatic carbocycles. The molecule has 1 aromatic rings. The maximum Gasteiger partial charge on any atom is 0.316 e. The van der Waals surface area contributed by atoms with Crippen molar-refractivity contribution in [2.75, 3.05) is 13.3 Å². The number of aliphatic carboxylic acids is 1. The van der Waals surface area contributed by atoms with Gasteiger partial charge in [-0.15, -0.1) is 0 Å². The fraction of sp³-hybridized carbons (Fsp3) is 0.417. The van der Waals surface area contributed by atoms with E-state index in [1.165, 1.54) is 12.1 Å². The number of carboxylic acids is 1. The molecule has 0 saturated heterocycles. The number of benzene rings is 1. The minimum Gasteiger partial charge on any atom is -0.507 e. The van der Waals surface area contributed by atoms with E-state index in [9.17, 15) is 27.5 Å². The lowest BCUT2D eigenvalue weighted by Gasteiger charge is -2.18. The van der Waals surface area contributed by atoms with E-state index < -0.39 is 48.9 Å². The highest BCUT2D eigenvalue weighted by Gasteiger charge is 2.33. The normalized spacial score (nSPS) is 12.9. The highest BCUT2D eigenvalue weighted by atomic mass is 19.3. The lowest BCUT2D eigenvalue weighted by molar-refractivity contribution is -0.142. The summed E-state index contributed by atoms with van der Waals surface area (Å²) in [4.78, 5) is 10.8. The molecule has 1 unspecified atom stereocenters. The molecule has 0 aromatic heterocycles. The Morgan fingerprint density at radius 2 is 1.68 bits per heavy atom. The quantitative estimate of drug-likeness (QED) is 0.788. The van der Waals surface area contributed by atoms with E-state index in [0.29, 0.717) is 0 Å². The van der Waals surface area contributed by atoms with Gasteiger partial charge in [0.15, 0.2) is 0 Å². The highest BCUT2D eigenvalue weighted by Crippen LogP contribution is 2.36. The van der Waals surface area contributed by atoms with Crippen molar-refractivity contribution in [1.82, 2.24) is 0 Å². The molecule has 3 nitrogen and oxygen atoms in total. The minimum atomic E-state index is -3.24. The van der Waals surface area contributed by atoms with Gasteiger partial charge in [-0.1, -0.05) is 18.2 Å². The van der Waals surface area contributed by atoms with Gasteiger partial charge in [0, 0.05) is 17.0 Å². The molecule has 1 atom stereocenters. The third kappa shape index (κ3) is 3.15. The largest absolute Gasteiger partial charge is 0.507 e. The van der Waals surface area contributed by atoms with Gasteiger partial charge in [0.05, 0.1) is 13.3 Å². The van der Waals surface area contributed by atoms with Crippen molar-refractivity contribution >= 4 is 5.97 Å². The van der Waals surface area contributed by atoms with Crippen LogP contribution in [0.1, 0.15) is 23.0 Å². The molecule has 0 bridgehead atoms. The average Bonchev–Trinajstić information content (AvgIpc) is 2.34. The summed E-state index contributed by atoms with van der Waals surface area (Å²) in [5.41, 5.74) is -0.763.